The molecule has 0 unspecified atom stereocenters. The molecule has 2 heterocycles. The summed E-state index contributed by atoms with van der Waals surface area (Å²) < 4.78 is 39.3. The molecule has 5 nitrogen and oxygen atoms in total. The van der Waals surface area contributed by atoms with E-state index in [1.807, 2.05) is 6.07 Å². The van der Waals surface area contributed by atoms with Gasteiger partial charge in [-0.2, -0.15) is 10.2 Å². The summed E-state index contributed by atoms with van der Waals surface area (Å²) >= 11 is 1.31. The van der Waals surface area contributed by atoms with Crippen LogP contribution in [0.1, 0.15) is 0 Å². The van der Waals surface area contributed by atoms with Crippen LogP contribution in [0.5, 0.6) is 17.4 Å². The predicted molar refractivity (Wildman–Crippen MR) is 100 cm³/mol. The number of nitrogens with zero attached hydrogens (tertiary/aromatic N) is 3. The first-order valence-corrected chi connectivity index (χ1v) is 9.01. The van der Waals surface area contributed by atoms with Crippen molar-refractivity contribution in [1.29, 1.82) is 5.26 Å². The number of rotatable bonds is 5. The fourth-order valence-electron chi connectivity index (χ4n) is 2.53. The van der Waals surface area contributed by atoms with E-state index in [9.17, 15) is 8.78 Å². The number of benzene rings is 2. The maximum atomic E-state index is 14.0. The van der Waals surface area contributed by atoms with Crippen LogP contribution in [0.2, 0.25) is 0 Å². The smallest absolute Gasteiger partial charge is 0.241 e. The minimum absolute atomic E-state index is 0.0527. The Morgan fingerprint density at radius 1 is 1.00 bits per heavy atom. The number of halogens is 2. The molecule has 0 bridgehead atoms. The van der Waals surface area contributed by atoms with E-state index in [1.165, 1.54) is 17.4 Å². The molecule has 0 atom stereocenters. The minimum atomic E-state index is -0.816. The highest BCUT2D eigenvalue weighted by molar-refractivity contribution is 7.17. The summed E-state index contributed by atoms with van der Waals surface area (Å²) in [5, 5.41) is 10.4. The van der Waals surface area contributed by atoms with Crippen molar-refractivity contribution in [3.05, 3.63) is 65.5 Å². The number of thiophene rings is 1. The number of fused-ring (bicyclic) bond motifs is 1. The second kappa shape index (κ2) is 7.58. The first-order valence-electron chi connectivity index (χ1n) is 8.13. The van der Waals surface area contributed by atoms with Gasteiger partial charge in [-0.15, -0.1) is 11.3 Å². The predicted octanol–water partition coefficient (Wildman–Crippen LogP) is 5.33. The third-order valence-corrected chi connectivity index (χ3v) is 4.70. The Hall–Kier alpha value is -3.57. The quantitative estimate of drug-likeness (QED) is 0.457. The van der Waals surface area contributed by atoms with Crippen LogP contribution in [0, 0.1) is 23.0 Å². The summed E-state index contributed by atoms with van der Waals surface area (Å²) in [6, 6.07) is 14.0. The number of hydrogen-bond acceptors (Lipinski definition) is 6. The van der Waals surface area contributed by atoms with Gasteiger partial charge in [-0.25, -0.2) is 13.8 Å². The zero-order valence-corrected chi connectivity index (χ0v) is 15.0. The van der Waals surface area contributed by atoms with Crippen LogP contribution in [0.4, 0.5) is 8.78 Å². The van der Waals surface area contributed by atoms with E-state index in [2.05, 4.69) is 9.97 Å². The van der Waals surface area contributed by atoms with Crippen molar-refractivity contribution >= 4 is 21.6 Å². The van der Waals surface area contributed by atoms with Crippen LogP contribution in [0.25, 0.3) is 21.6 Å². The van der Waals surface area contributed by atoms with Crippen molar-refractivity contribution in [2.24, 2.45) is 0 Å². The molecule has 4 rings (SSSR count). The molecule has 4 aromatic rings. The molecule has 8 heteroatoms. The molecule has 0 N–H and O–H groups in total. The molecule has 2 aromatic carbocycles. The van der Waals surface area contributed by atoms with Crippen LogP contribution < -0.4 is 9.47 Å². The van der Waals surface area contributed by atoms with E-state index in [0.717, 1.165) is 12.1 Å². The molecule has 0 saturated carbocycles. The lowest BCUT2D eigenvalue weighted by atomic mass is 10.2. The average Bonchev–Trinajstić information content (AvgIpc) is 3.18. The van der Waals surface area contributed by atoms with Gasteiger partial charge in [0.15, 0.2) is 24.1 Å². The Bertz CT molecular complexity index is 1170. The highest BCUT2D eigenvalue weighted by Crippen LogP contribution is 2.35. The third kappa shape index (κ3) is 3.48. The summed E-state index contributed by atoms with van der Waals surface area (Å²) in [4.78, 5) is 8.85. The van der Waals surface area contributed by atoms with E-state index in [1.54, 1.807) is 35.7 Å². The van der Waals surface area contributed by atoms with Crippen molar-refractivity contribution in [3.8, 4) is 34.8 Å². The summed E-state index contributed by atoms with van der Waals surface area (Å²) in [6.45, 7) is -0.0527. The number of ether oxygens (including phenoxy) is 2. The van der Waals surface area contributed by atoms with E-state index in [0.29, 0.717) is 27.4 Å². The van der Waals surface area contributed by atoms with Crippen molar-refractivity contribution < 1.29 is 18.3 Å². The van der Waals surface area contributed by atoms with Crippen LogP contribution in [-0.2, 0) is 0 Å². The van der Waals surface area contributed by atoms with Crippen molar-refractivity contribution in [3.63, 3.8) is 0 Å². The Morgan fingerprint density at radius 2 is 1.75 bits per heavy atom. The van der Waals surface area contributed by atoms with Crippen LogP contribution in [0.3, 0.4) is 0 Å². The number of aromatic nitrogens is 2. The first kappa shape index (κ1) is 17.8. The van der Waals surface area contributed by atoms with Gasteiger partial charge in [0.1, 0.15) is 16.5 Å². The highest BCUT2D eigenvalue weighted by Gasteiger charge is 2.17. The zero-order chi connectivity index (χ0) is 19.5. The van der Waals surface area contributed by atoms with E-state index in [4.69, 9.17) is 14.7 Å². The van der Waals surface area contributed by atoms with Crippen LogP contribution in [-0.4, -0.2) is 16.6 Å². The van der Waals surface area contributed by atoms with Gasteiger partial charge >= 0.3 is 0 Å². The zero-order valence-electron chi connectivity index (χ0n) is 14.2. The lowest BCUT2D eigenvalue weighted by Gasteiger charge is -2.10. The van der Waals surface area contributed by atoms with Gasteiger partial charge in [0.25, 0.3) is 0 Å². The fourth-order valence-corrected chi connectivity index (χ4v) is 3.28. The normalized spacial score (nSPS) is 10.6. The molecule has 0 aliphatic heterocycles. The summed E-state index contributed by atoms with van der Waals surface area (Å²) in [5.41, 5.74) is 1.27. The Morgan fingerprint density at radius 3 is 2.46 bits per heavy atom. The maximum Gasteiger partial charge on any atom is 0.241 e. The van der Waals surface area contributed by atoms with Crippen LogP contribution in [0.15, 0.2) is 53.9 Å². The Balaban J connectivity index is 1.74. The first-order chi connectivity index (χ1) is 13.7. The number of hydrogen-bond donors (Lipinski definition) is 0. The molecule has 0 spiro atoms. The molecular formula is C20H11F2N3O2S. The van der Waals surface area contributed by atoms with Crippen LogP contribution >= 0.6 is 11.3 Å². The van der Waals surface area contributed by atoms with E-state index in [-0.39, 0.29) is 12.5 Å². The van der Waals surface area contributed by atoms with E-state index >= 15 is 0 Å². The molecule has 0 radical (unpaired) electrons. The molecule has 0 amide bonds. The number of nitriles is 1. The molecular weight excluding hydrogens is 384 g/mol. The van der Waals surface area contributed by atoms with Crippen molar-refractivity contribution in [2.45, 2.75) is 0 Å². The lowest BCUT2D eigenvalue weighted by molar-refractivity contribution is 0.368. The molecule has 2 aromatic heterocycles. The van der Waals surface area contributed by atoms with E-state index < -0.39 is 17.4 Å². The third-order valence-electron chi connectivity index (χ3n) is 3.81. The Labute approximate surface area is 162 Å². The molecule has 28 heavy (non-hydrogen) atoms. The maximum absolute atomic E-state index is 14.0. The average molecular weight is 395 g/mol. The van der Waals surface area contributed by atoms with Gasteiger partial charge < -0.3 is 9.47 Å². The van der Waals surface area contributed by atoms with Gasteiger partial charge in [-0.1, -0.05) is 6.07 Å². The summed E-state index contributed by atoms with van der Waals surface area (Å²) in [5.74, 6) is -1.20. The van der Waals surface area contributed by atoms with Gasteiger partial charge in [0.2, 0.25) is 11.6 Å². The molecule has 0 aliphatic rings. The fraction of sp³-hybridized carbons (Fsp3) is 0.0500. The molecule has 0 saturated heterocycles. The minimum Gasteiger partial charge on any atom is -0.479 e. The topological polar surface area (TPSA) is 68.0 Å². The van der Waals surface area contributed by atoms with Crippen molar-refractivity contribution in [1.82, 2.24) is 9.97 Å². The van der Waals surface area contributed by atoms with Gasteiger partial charge in [0, 0.05) is 5.56 Å². The number of para-hydroxylation sites is 1. The second-order valence-electron chi connectivity index (χ2n) is 5.61. The molecule has 0 aliphatic carbocycles. The molecule has 138 valence electrons. The van der Waals surface area contributed by atoms with Gasteiger partial charge in [-0.3, -0.25) is 0 Å². The Kier molecular flexibility index (Phi) is 4.83. The largest absolute Gasteiger partial charge is 0.479 e. The highest BCUT2D eigenvalue weighted by atomic mass is 32.1. The second-order valence-corrected chi connectivity index (χ2v) is 6.53. The summed E-state index contributed by atoms with van der Waals surface area (Å²) in [7, 11) is 0. The summed E-state index contributed by atoms with van der Waals surface area (Å²) in [6.07, 6.45) is 0. The SMILES string of the molecule is N#CCOc1ccc(-c2nc(Oc3c(F)cccc3F)c3sccc3n2)cc1. The van der Waals surface area contributed by atoms with Crippen molar-refractivity contribution in [2.75, 3.05) is 6.61 Å². The lowest BCUT2D eigenvalue weighted by Crippen LogP contribution is -1.98. The van der Waals surface area contributed by atoms with Gasteiger partial charge in [0.05, 0.1) is 5.52 Å². The molecule has 0 fully saturated rings. The monoisotopic (exact) mass is 395 g/mol. The standard InChI is InChI=1S/C20H11F2N3O2S/c21-14-2-1-3-15(22)17(14)27-20-18-16(8-11-28-18)24-19(25-20)12-4-6-13(7-5-12)26-10-9-23/h1-8,11H,10H2. The van der Waals surface area contributed by atoms with Gasteiger partial charge in [-0.05, 0) is 47.8 Å².